The van der Waals surface area contributed by atoms with E-state index < -0.39 is 5.91 Å². The van der Waals surface area contributed by atoms with E-state index in [2.05, 4.69) is 20.4 Å². The zero-order chi connectivity index (χ0) is 8.55. The molecule has 0 bridgehead atoms. The number of carbonyl (C=O) groups excluding carboxylic acids is 1. The van der Waals surface area contributed by atoms with Crippen LogP contribution in [0.1, 0.15) is 10.4 Å². The molecule has 3 N–H and O–H groups in total. The van der Waals surface area contributed by atoms with Crippen molar-refractivity contribution in [3.8, 4) is 0 Å². The first-order chi connectivity index (χ1) is 5.79. The van der Waals surface area contributed by atoms with Crippen LogP contribution in [-0.2, 0) is 0 Å². The normalized spacial score (nSPS) is 10.3. The van der Waals surface area contributed by atoms with Crippen LogP contribution >= 0.6 is 0 Å². The Morgan fingerprint density at radius 3 is 3.08 bits per heavy atom. The van der Waals surface area contributed by atoms with Crippen LogP contribution in [0.3, 0.4) is 0 Å². The summed E-state index contributed by atoms with van der Waals surface area (Å²) in [5.74, 6) is -0.542. The molecule has 2 rings (SSSR count). The van der Waals surface area contributed by atoms with Gasteiger partial charge in [-0.1, -0.05) is 0 Å². The van der Waals surface area contributed by atoms with Crippen molar-refractivity contribution in [2.45, 2.75) is 0 Å². The van der Waals surface area contributed by atoms with Crippen LogP contribution in [0.5, 0.6) is 0 Å². The van der Waals surface area contributed by atoms with E-state index in [0.29, 0.717) is 16.6 Å². The molecule has 0 aliphatic rings. The number of primary amides is 1. The van der Waals surface area contributed by atoms with Gasteiger partial charge in [-0.2, -0.15) is 10.2 Å². The zero-order valence-corrected chi connectivity index (χ0v) is 5.98. The molecular weight excluding hydrogens is 158 g/mol. The summed E-state index contributed by atoms with van der Waals surface area (Å²) >= 11 is 0. The average Bonchev–Trinajstić information content (AvgIpc) is 2.49. The highest BCUT2D eigenvalue weighted by Gasteiger charge is 2.08. The van der Waals surface area contributed by atoms with Crippen LogP contribution < -0.4 is 5.73 Å². The molecule has 2 aromatic rings. The molecule has 0 saturated carbocycles. The fourth-order valence-electron chi connectivity index (χ4n) is 0.954. The van der Waals surface area contributed by atoms with Gasteiger partial charge in [0.25, 0.3) is 5.91 Å². The third kappa shape index (κ3) is 0.815. The van der Waals surface area contributed by atoms with Crippen molar-refractivity contribution in [3.63, 3.8) is 0 Å². The Labute approximate surface area is 66.8 Å². The van der Waals surface area contributed by atoms with E-state index in [1.807, 2.05) is 0 Å². The standard InChI is InChI=1S/C6H5N5O/c7-6(12)3-1-8-10-4-2-9-11-5(3)4/h1-2H,(H2,7,12)(H,9,11). The van der Waals surface area contributed by atoms with Gasteiger partial charge < -0.3 is 5.73 Å². The van der Waals surface area contributed by atoms with Gasteiger partial charge >= 0.3 is 0 Å². The summed E-state index contributed by atoms with van der Waals surface area (Å²) in [7, 11) is 0. The highest BCUT2D eigenvalue weighted by Crippen LogP contribution is 2.09. The first-order valence-electron chi connectivity index (χ1n) is 3.23. The Balaban J connectivity index is 2.82. The van der Waals surface area contributed by atoms with Crippen molar-refractivity contribution in [2.24, 2.45) is 5.73 Å². The summed E-state index contributed by atoms with van der Waals surface area (Å²) < 4.78 is 0. The van der Waals surface area contributed by atoms with Gasteiger partial charge in [-0.25, -0.2) is 0 Å². The fraction of sp³-hybridized carbons (Fsp3) is 0. The first kappa shape index (κ1) is 6.71. The third-order valence-corrected chi connectivity index (χ3v) is 1.51. The predicted molar refractivity (Wildman–Crippen MR) is 40.2 cm³/mol. The molecule has 2 heterocycles. The molecule has 6 nitrogen and oxygen atoms in total. The Hall–Kier alpha value is -1.98. The molecule has 0 unspecified atom stereocenters. The van der Waals surface area contributed by atoms with Crippen molar-refractivity contribution < 1.29 is 4.79 Å². The lowest BCUT2D eigenvalue weighted by Gasteiger charge is -1.93. The second kappa shape index (κ2) is 2.26. The number of fused-ring (bicyclic) bond motifs is 1. The largest absolute Gasteiger partial charge is 0.365 e. The van der Waals surface area contributed by atoms with Crippen molar-refractivity contribution in [1.29, 1.82) is 0 Å². The maximum atomic E-state index is 10.8. The quantitative estimate of drug-likeness (QED) is 0.589. The van der Waals surface area contributed by atoms with E-state index in [1.54, 1.807) is 0 Å². The molecule has 0 aliphatic heterocycles. The molecule has 0 aliphatic carbocycles. The van der Waals surface area contributed by atoms with Crippen molar-refractivity contribution >= 4 is 16.9 Å². The summed E-state index contributed by atoms with van der Waals surface area (Å²) in [5.41, 5.74) is 6.45. The number of hydrogen-bond acceptors (Lipinski definition) is 4. The number of aromatic amines is 1. The van der Waals surface area contributed by atoms with E-state index in [4.69, 9.17) is 5.73 Å². The SMILES string of the molecule is NC(=O)c1cnnc2cn[nH]c12. The van der Waals surface area contributed by atoms with Crippen molar-refractivity contribution in [3.05, 3.63) is 18.0 Å². The van der Waals surface area contributed by atoms with E-state index in [9.17, 15) is 4.79 Å². The van der Waals surface area contributed by atoms with Crippen molar-refractivity contribution in [1.82, 2.24) is 20.4 Å². The Morgan fingerprint density at radius 1 is 1.50 bits per heavy atom. The first-order valence-corrected chi connectivity index (χ1v) is 3.23. The number of amides is 1. The van der Waals surface area contributed by atoms with Gasteiger partial charge in [0.1, 0.15) is 5.52 Å². The maximum Gasteiger partial charge on any atom is 0.252 e. The number of nitrogens with one attached hydrogen (secondary N) is 1. The smallest absolute Gasteiger partial charge is 0.252 e. The zero-order valence-electron chi connectivity index (χ0n) is 5.98. The second-order valence-electron chi connectivity index (χ2n) is 2.25. The van der Waals surface area contributed by atoms with E-state index in [0.717, 1.165) is 0 Å². The van der Waals surface area contributed by atoms with E-state index in [-0.39, 0.29) is 0 Å². The molecule has 0 atom stereocenters. The number of nitrogens with zero attached hydrogens (tertiary/aromatic N) is 3. The highest BCUT2D eigenvalue weighted by molar-refractivity contribution is 6.02. The number of carbonyl (C=O) groups is 1. The molecule has 0 fully saturated rings. The number of H-pyrrole nitrogens is 1. The van der Waals surface area contributed by atoms with Crippen LogP contribution in [0.15, 0.2) is 12.4 Å². The Morgan fingerprint density at radius 2 is 2.33 bits per heavy atom. The molecular formula is C6H5N5O. The van der Waals surface area contributed by atoms with E-state index >= 15 is 0 Å². The van der Waals surface area contributed by atoms with Gasteiger partial charge in [0.15, 0.2) is 0 Å². The number of rotatable bonds is 1. The maximum absolute atomic E-state index is 10.8. The fourth-order valence-corrected chi connectivity index (χ4v) is 0.954. The predicted octanol–water partition coefficient (Wildman–Crippen LogP) is -0.548. The number of hydrogen-bond donors (Lipinski definition) is 2. The highest BCUT2D eigenvalue weighted by atomic mass is 16.1. The van der Waals surface area contributed by atoms with Crippen molar-refractivity contribution in [2.75, 3.05) is 0 Å². The molecule has 6 heteroatoms. The molecule has 0 saturated heterocycles. The average molecular weight is 163 g/mol. The molecule has 60 valence electrons. The molecule has 0 aromatic carbocycles. The van der Waals surface area contributed by atoms with Gasteiger partial charge in [-0.05, 0) is 0 Å². The van der Waals surface area contributed by atoms with Crippen LogP contribution in [0.4, 0.5) is 0 Å². The lowest BCUT2D eigenvalue weighted by atomic mass is 10.2. The summed E-state index contributed by atoms with van der Waals surface area (Å²) in [6.45, 7) is 0. The third-order valence-electron chi connectivity index (χ3n) is 1.51. The Kier molecular flexibility index (Phi) is 1.26. The van der Waals surface area contributed by atoms with Crippen LogP contribution in [0, 0.1) is 0 Å². The Bertz CT molecular complexity index is 434. The molecule has 2 aromatic heterocycles. The molecule has 0 radical (unpaired) electrons. The molecule has 1 amide bonds. The van der Waals surface area contributed by atoms with E-state index in [1.165, 1.54) is 12.4 Å². The number of nitrogens with two attached hydrogens (primary N) is 1. The molecule has 12 heavy (non-hydrogen) atoms. The van der Waals surface area contributed by atoms with Crippen LogP contribution in [-0.4, -0.2) is 26.3 Å². The molecule has 0 spiro atoms. The van der Waals surface area contributed by atoms with Gasteiger partial charge in [0.2, 0.25) is 0 Å². The minimum Gasteiger partial charge on any atom is -0.365 e. The minimum atomic E-state index is -0.542. The van der Waals surface area contributed by atoms with Gasteiger partial charge in [-0.15, -0.1) is 5.10 Å². The van der Waals surface area contributed by atoms with Gasteiger partial charge in [0, 0.05) is 0 Å². The summed E-state index contributed by atoms with van der Waals surface area (Å²) in [5, 5.41) is 13.7. The summed E-state index contributed by atoms with van der Waals surface area (Å²) in [6, 6.07) is 0. The summed E-state index contributed by atoms with van der Waals surface area (Å²) in [6.07, 6.45) is 2.79. The van der Waals surface area contributed by atoms with Crippen LogP contribution in [0.25, 0.3) is 11.0 Å². The van der Waals surface area contributed by atoms with Gasteiger partial charge in [-0.3, -0.25) is 9.89 Å². The van der Waals surface area contributed by atoms with Gasteiger partial charge in [0.05, 0.1) is 23.5 Å². The lowest BCUT2D eigenvalue weighted by molar-refractivity contribution is 0.100. The second-order valence-corrected chi connectivity index (χ2v) is 2.25. The minimum absolute atomic E-state index is 0.303. The lowest BCUT2D eigenvalue weighted by Crippen LogP contribution is -2.12. The monoisotopic (exact) mass is 163 g/mol. The van der Waals surface area contributed by atoms with Crippen LogP contribution in [0.2, 0.25) is 0 Å². The summed E-state index contributed by atoms with van der Waals surface area (Å²) in [4.78, 5) is 10.8. The number of aromatic nitrogens is 4. The topological polar surface area (TPSA) is 97.6 Å².